The second-order valence-electron chi connectivity index (χ2n) is 3.86. The predicted molar refractivity (Wildman–Crippen MR) is 48.3 cm³/mol. The van der Waals surface area contributed by atoms with Gasteiger partial charge in [0, 0.05) is 11.5 Å². The number of nitrogens with zero attached hydrogens (tertiary/aromatic N) is 2. The van der Waals surface area contributed by atoms with Gasteiger partial charge in [-0.15, -0.1) is 0 Å². The van der Waals surface area contributed by atoms with E-state index >= 15 is 0 Å². The number of hydrogen-bond acceptors (Lipinski definition) is 3. The van der Waals surface area contributed by atoms with E-state index in [9.17, 15) is 4.79 Å². The maximum Gasteiger partial charge on any atom is 0.265 e. The maximum absolute atomic E-state index is 10.9. The molecular weight excluding hydrogens is 166 g/mol. The molecular formula is C9H11N3O. The average molecular weight is 177 g/mol. The van der Waals surface area contributed by atoms with Crippen LogP contribution in [0.25, 0.3) is 0 Å². The highest BCUT2D eigenvalue weighted by Crippen LogP contribution is 2.21. The molecule has 0 aromatic carbocycles. The summed E-state index contributed by atoms with van der Waals surface area (Å²) in [5.74, 6) is 0. The molecule has 0 aliphatic heterocycles. The summed E-state index contributed by atoms with van der Waals surface area (Å²) < 4.78 is 0. The Bertz CT molecular complexity index is 406. The number of hydrogen-bond donors (Lipinski definition) is 1. The Morgan fingerprint density at radius 2 is 2.15 bits per heavy atom. The van der Waals surface area contributed by atoms with Gasteiger partial charge >= 0.3 is 0 Å². The minimum absolute atomic E-state index is 0.227. The van der Waals surface area contributed by atoms with Gasteiger partial charge in [0.15, 0.2) is 0 Å². The molecule has 0 atom stereocenters. The van der Waals surface area contributed by atoms with Crippen LogP contribution in [0.15, 0.2) is 10.9 Å². The number of nitrogens with one attached hydrogen (secondary N) is 1. The third-order valence-electron chi connectivity index (χ3n) is 1.64. The topological polar surface area (TPSA) is 69.5 Å². The maximum atomic E-state index is 10.9. The molecule has 0 radical (unpaired) electrons. The molecule has 0 spiro atoms. The second-order valence-corrected chi connectivity index (χ2v) is 3.86. The molecule has 1 aromatic heterocycles. The van der Waals surface area contributed by atoms with Gasteiger partial charge in [-0.1, -0.05) is 20.8 Å². The van der Waals surface area contributed by atoms with E-state index in [-0.39, 0.29) is 11.0 Å². The number of aromatic nitrogens is 2. The highest BCUT2D eigenvalue weighted by molar-refractivity contribution is 5.34. The molecule has 0 bridgehead atoms. The Morgan fingerprint density at radius 1 is 1.54 bits per heavy atom. The molecule has 13 heavy (non-hydrogen) atoms. The zero-order valence-electron chi connectivity index (χ0n) is 7.88. The molecule has 1 aromatic rings. The van der Waals surface area contributed by atoms with Crippen molar-refractivity contribution >= 4 is 0 Å². The fraction of sp³-hybridized carbons (Fsp3) is 0.444. The van der Waals surface area contributed by atoms with Crippen molar-refractivity contribution in [2.45, 2.75) is 26.2 Å². The van der Waals surface area contributed by atoms with Crippen LogP contribution in [0.2, 0.25) is 0 Å². The zero-order chi connectivity index (χ0) is 10.1. The van der Waals surface area contributed by atoms with Gasteiger partial charge in [-0.3, -0.25) is 4.79 Å². The SMILES string of the molecule is CC(C)(C)c1n[nH]c(=O)cc1C#N. The monoisotopic (exact) mass is 177 g/mol. The van der Waals surface area contributed by atoms with E-state index in [1.165, 1.54) is 6.07 Å². The Morgan fingerprint density at radius 3 is 2.62 bits per heavy atom. The Hall–Kier alpha value is -1.63. The summed E-state index contributed by atoms with van der Waals surface area (Å²) >= 11 is 0. The summed E-state index contributed by atoms with van der Waals surface area (Å²) in [7, 11) is 0. The molecule has 4 heteroatoms. The lowest BCUT2D eigenvalue weighted by Crippen LogP contribution is -2.20. The fourth-order valence-electron chi connectivity index (χ4n) is 1.06. The lowest BCUT2D eigenvalue weighted by atomic mass is 9.89. The van der Waals surface area contributed by atoms with Crippen molar-refractivity contribution in [1.82, 2.24) is 10.2 Å². The first-order valence-electron chi connectivity index (χ1n) is 3.95. The van der Waals surface area contributed by atoms with E-state index in [0.717, 1.165) is 0 Å². The first kappa shape index (κ1) is 9.46. The number of H-pyrrole nitrogens is 1. The fourth-order valence-corrected chi connectivity index (χ4v) is 1.06. The van der Waals surface area contributed by atoms with Gasteiger partial charge in [0.2, 0.25) is 0 Å². The van der Waals surface area contributed by atoms with Gasteiger partial charge in [-0.25, -0.2) is 5.10 Å². The second kappa shape index (κ2) is 3.02. The van der Waals surface area contributed by atoms with Crippen LogP contribution < -0.4 is 5.56 Å². The van der Waals surface area contributed by atoms with Gasteiger partial charge in [0.05, 0.1) is 11.3 Å². The van der Waals surface area contributed by atoms with E-state index in [0.29, 0.717) is 11.3 Å². The molecule has 0 fully saturated rings. The predicted octanol–water partition coefficient (Wildman–Crippen LogP) is 0.939. The van der Waals surface area contributed by atoms with Crippen LogP contribution in [0, 0.1) is 11.3 Å². The average Bonchev–Trinajstić information content (AvgIpc) is 2.01. The van der Waals surface area contributed by atoms with Gasteiger partial charge in [0.25, 0.3) is 5.56 Å². The molecule has 0 unspecified atom stereocenters. The highest BCUT2D eigenvalue weighted by Gasteiger charge is 2.20. The van der Waals surface area contributed by atoms with Crippen LogP contribution in [0.1, 0.15) is 32.0 Å². The van der Waals surface area contributed by atoms with Crippen molar-refractivity contribution in [3.05, 3.63) is 27.7 Å². The normalized spacial score (nSPS) is 10.9. The van der Waals surface area contributed by atoms with Gasteiger partial charge in [0.1, 0.15) is 6.07 Å². The molecule has 4 nitrogen and oxygen atoms in total. The molecule has 0 saturated heterocycles. The summed E-state index contributed by atoms with van der Waals surface area (Å²) in [6.07, 6.45) is 0. The Kier molecular flexibility index (Phi) is 2.20. The molecule has 1 N–H and O–H groups in total. The van der Waals surface area contributed by atoms with Gasteiger partial charge in [-0.05, 0) is 0 Å². The van der Waals surface area contributed by atoms with Crippen LogP contribution >= 0.6 is 0 Å². The molecule has 0 aliphatic carbocycles. The smallest absolute Gasteiger partial charge is 0.265 e. The van der Waals surface area contributed by atoms with Crippen molar-refractivity contribution in [3.8, 4) is 6.07 Å². The molecule has 1 rings (SSSR count). The lowest BCUT2D eigenvalue weighted by Gasteiger charge is -2.17. The summed E-state index contributed by atoms with van der Waals surface area (Å²) in [5.41, 5.74) is 0.394. The van der Waals surface area contributed by atoms with E-state index < -0.39 is 0 Å². The molecule has 68 valence electrons. The molecule has 0 aliphatic rings. The summed E-state index contributed by atoms with van der Waals surface area (Å²) in [4.78, 5) is 10.9. The molecule has 1 heterocycles. The van der Waals surface area contributed by atoms with Gasteiger partial charge < -0.3 is 0 Å². The van der Waals surface area contributed by atoms with Gasteiger partial charge in [-0.2, -0.15) is 10.4 Å². The minimum atomic E-state index is -0.343. The van der Waals surface area contributed by atoms with E-state index in [4.69, 9.17) is 5.26 Å². The van der Waals surface area contributed by atoms with Crippen molar-refractivity contribution in [2.24, 2.45) is 0 Å². The van der Waals surface area contributed by atoms with Crippen LogP contribution in [-0.4, -0.2) is 10.2 Å². The first-order valence-corrected chi connectivity index (χ1v) is 3.95. The van der Waals surface area contributed by atoms with Crippen molar-refractivity contribution < 1.29 is 0 Å². The zero-order valence-corrected chi connectivity index (χ0v) is 7.88. The Balaban J connectivity index is 3.41. The van der Waals surface area contributed by atoms with Crippen LogP contribution in [-0.2, 0) is 5.41 Å². The first-order chi connectivity index (χ1) is 5.95. The third-order valence-corrected chi connectivity index (χ3v) is 1.64. The number of aromatic amines is 1. The Labute approximate surface area is 76.2 Å². The van der Waals surface area contributed by atoms with Crippen LogP contribution in [0.4, 0.5) is 0 Å². The van der Waals surface area contributed by atoms with E-state index in [2.05, 4.69) is 10.2 Å². The van der Waals surface area contributed by atoms with Crippen molar-refractivity contribution in [2.75, 3.05) is 0 Å². The van der Waals surface area contributed by atoms with Crippen molar-refractivity contribution in [1.29, 1.82) is 5.26 Å². The quantitative estimate of drug-likeness (QED) is 0.641. The van der Waals surface area contributed by atoms with E-state index in [1.807, 2.05) is 26.8 Å². The van der Waals surface area contributed by atoms with E-state index in [1.54, 1.807) is 0 Å². The molecule has 0 saturated carbocycles. The standard InChI is InChI=1S/C9H11N3O/c1-9(2,3)8-6(5-10)4-7(13)11-12-8/h4H,1-3H3,(H,11,13). The van der Waals surface area contributed by atoms with Crippen molar-refractivity contribution in [3.63, 3.8) is 0 Å². The largest absolute Gasteiger partial charge is 0.268 e. The van der Waals surface area contributed by atoms with Crippen LogP contribution in [0.3, 0.4) is 0 Å². The summed E-state index contributed by atoms with van der Waals surface area (Å²) in [5, 5.41) is 14.9. The molecule has 0 amide bonds. The minimum Gasteiger partial charge on any atom is -0.268 e. The number of rotatable bonds is 0. The number of nitriles is 1. The third kappa shape index (κ3) is 1.94. The highest BCUT2D eigenvalue weighted by atomic mass is 16.1. The van der Waals surface area contributed by atoms with Crippen LogP contribution in [0.5, 0.6) is 0 Å². The summed E-state index contributed by atoms with van der Waals surface area (Å²) in [6, 6.07) is 3.23. The lowest BCUT2D eigenvalue weighted by molar-refractivity contribution is 0.555. The summed E-state index contributed by atoms with van der Waals surface area (Å²) in [6.45, 7) is 5.82.